The third-order valence-electron chi connectivity index (χ3n) is 1.71. The Morgan fingerprint density at radius 2 is 2.00 bits per heavy atom. The Balaban J connectivity index is 0.000000720. The highest BCUT2D eigenvalue weighted by molar-refractivity contribution is 6.09. The van der Waals surface area contributed by atoms with Crippen LogP contribution in [0.5, 0.6) is 0 Å². The van der Waals surface area contributed by atoms with E-state index in [4.69, 9.17) is 0 Å². The largest absolute Gasteiger partial charge is 0.412 e. The van der Waals surface area contributed by atoms with Crippen LogP contribution in [0, 0.1) is 0 Å². The number of hydrogen-bond donors (Lipinski definition) is 0. The SMILES string of the molecule is O.O=C1CC=Nc2ccccc21. The monoisotopic (exact) mass is 163 g/mol. The number of Topliss-reactive ketones (excluding diaryl/α,β-unsaturated/α-hetero) is 1. The molecule has 1 heterocycles. The molecule has 0 unspecified atom stereocenters. The summed E-state index contributed by atoms with van der Waals surface area (Å²) in [6, 6.07) is 7.41. The molecule has 2 rings (SSSR count). The summed E-state index contributed by atoms with van der Waals surface area (Å²) in [6.45, 7) is 0. The summed E-state index contributed by atoms with van der Waals surface area (Å²) in [5.74, 6) is 0.163. The lowest BCUT2D eigenvalue weighted by Gasteiger charge is -2.06. The van der Waals surface area contributed by atoms with E-state index >= 15 is 0 Å². The first-order valence-electron chi connectivity index (χ1n) is 3.53. The van der Waals surface area contributed by atoms with E-state index in [1.165, 1.54) is 0 Å². The Labute approximate surface area is 70.1 Å². The van der Waals surface area contributed by atoms with Crippen molar-refractivity contribution >= 4 is 17.7 Å². The molecule has 0 radical (unpaired) electrons. The molecule has 0 saturated heterocycles. The Bertz CT molecular complexity index is 331. The molecule has 0 atom stereocenters. The Morgan fingerprint density at radius 3 is 2.75 bits per heavy atom. The van der Waals surface area contributed by atoms with Gasteiger partial charge < -0.3 is 5.48 Å². The van der Waals surface area contributed by atoms with E-state index in [1.807, 2.05) is 24.3 Å². The van der Waals surface area contributed by atoms with Crippen molar-refractivity contribution in [3.05, 3.63) is 29.8 Å². The maximum Gasteiger partial charge on any atom is 0.170 e. The third-order valence-corrected chi connectivity index (χ3v) is 1.71. The Kier molecular flexibility index (Phi) is 2.35. The van der Waals surface area contributed by atoms with Crippen LogP contribution in [0.3, 0.4) is 0 Å². The summed E-state index contributed by atoms with van der Waals surface area (Å²) < 4.78 is 0. The predicted octanol–water partition coefficient (Wildman–Crippen LogP) is 1.15. The van der Waals surface area contributed by atoms with E-state index in [9.17, 15) is 4.79 Å². The molecule has 1 aromatic carbocycles. The van der Waals surface area contributed by atoms with Crippen molar-refractivity contribution in [2.24, 2.45) is 4.99 Å². The number of ketones is 1. The highest BCUT2D eigenvalue weighted by atomic mass is 16.1. The van der Waals surface area contributed by atoms with Crippen molar-refractivity contribution in [2.45, 2.75) is 6.42 Å². The van der Waals surface area contributed by atoms with Gasteiger partial charge in [0.15, 0.2) is 5.78 Å². The van der Waals surface area contributed by atoms with Crippen LogP contribution in [-0.4, -0.2) is 17.5 Å². The lowest BCUT2D eigenvalue weighted by atomic mass is 10.0. The van der Waals surface area contributed by atoms with E-state index in [0.29, 0.717) is 6.42 Å². The summed E-state index contributed by atoms with van der Waals surface area (Å²) in [6.07, 6.45) is 2.10. The quantitative estimate of drug-likeness (QED) is 0.565. The van der Waals surface area contributed by atoms with Crippen LogP contribution in [0.15, 0.2) is 29.3 Å². The Morgan fingerprint density at radius 1 is 1.25 bits per heavy atom. The maximum absolute atomic E-state index is 11.2. The molecule has 0 amide bonds. The van der Waals surface area contributed by atoms with E-state index < -0.39 is 0 Å². The van der Waals surface area contributed by atoms with E-state index in [0.717, 1.165) is 11.3 Å². The average Bonchev–Trinajstić information content (AvgIpc) is 2.06. The minimum atomic E-state index is 0. The molecular weight excluding hydrogens is 154 g/mol. The first kappa shape index (κ1) is 8.62. The third kappa shape index (κ3) is 1.26. The van der Waals surface area contributed by atoms with Gasteiger partial charge >= 0.3 is 0 Å². The number of nitrogens with zero attached hydrogens (tertiary/aromatic N) is 1. The van der Waals surface area contributed by atoms with Crippen LogP contribution in [0.25, 0.3) is 0 Å². The molecule has 1 aromatic rings. The zero-order chi connectivity index (χ0) is 7.68. The zero-order valence-corrected chi connectivity index (χ0v) is 6.45. The minimum Gasteiger partial charge on any atom is -0.412 e. The van der Waals surface area contributed by atoms with Crippen LogP contribution in [0.1, 0.15) is 16.8 Å². The number of carbonyl (C=O) groups excluding carboxylic acids is 1. The van der Waals surface area contributed by atoms with Crippen molar-refractivity contribution in [1.82, 2.24) is 0 Å². The van der Waals surface area contributed by atoms with Gasteiger partial charge in [-0.25, -0.2) is 0 Å². The van der Waals surface area contributed by atoms with Gasteiger partial charge in [0, 0.05) is 18.2 Å². The summed E-state index contributed by atoms with van der Waals surface area (Å²) >= 11 is 0. The molecule has 0 saturated carbocycles. The van der Waals surface area contributed by atoms with Crippen LogP contribution >= 0.6 is 0 Å². The fraction of sp³-hybridized carbons (Fsp3) is 0.111. The Hall–Kier alpha value is -1.48. The van der Waals surface area contributed by atoms with E-state index in [2.05, 4.69) is 4.99 Å². The topological polar surface area (TPSA) is 60.9 Å². The molecule has 1 aliphatic rings. The van der Waals surface area contributed by atoms with Crippen LogP contribution < -0.4 is 0 Å². The molecular formula is C9H9NO2. The molecule has 0 aliphatic carbocycles. The van der Waals surface area contributed by atoms with Gasteiger partial charge in [0.05, 0.1) is 5.69 Å². The van der Waals surface area contributed by atoms with Crippen molar-refractivity contribution in [2.75, 3.05) is 0 Å². The van der Waals surface area contributed by atoms with Crippen molar-refractivity contribution in [3.8, 4) is 0 Å². The van der Waals surface area contributed by atoms with Gasteiger partial charge in [-0.05, 0) is 12.1 Å². The molecule has 0 fully saturated rings. The fourth-order valence-corrected chi connectivity index (χ4v) is 1.16. The highest BCUT2D eigenvalue weighted by Gasteiger charge is 2.11. The number of hydrogen-bond acceptors (Lipinski definition) is 2. The summed E-state index contributed by atoms with van der Waals surface area (Å²) in [7, 11) is 0. The van der Waals surface area contributed by atoms with Crippen LogP contribution in [0.4, 0.5) is 5.69 Å². The lowest BCUT2D eigenvalue weighted by Crippen LogP contribution is -2.03. The predicted molar refractivity (Wildman–Crippen MR) is 47.2 cm³/mol. The molecule has 2 N–H and O–H groups in total. The van der Waals surface area contributed by atoms with Gasteiger partial charge in [-0.2, -0.15) is 0 Å². The summed E-state index contributed by atoms with van der Waals surface area (Å²) in [5.41, 5.74) is 1.54. The minimum absolute atomic E-state index is 0. The number of fused-ring (bicyclic) bond motifs is 1. The fourth-order valence-electron chi connectivity index (χ4n) is 1.16. The second-order valence-electron chi connectivity index (χ2n) is 2.46. The zero-order valence-electron chi connectivity index (χ0n) is 6.45. The second-order valence-corrected chi connectivity index (χ2v) is 2.46. The molecule has 3 heteroatoms. The molecule has 0 spiro atoms. The first-order chi connectivity index (χ1) is 5.38. The maximum atomic E-state index is 11.2. The number of carbonyl (C=O) groups is 1. The van der Waals surface area contributed by atoms with Crippen LogP contribution in [0.2, 0.25) is 0 Å². The molecule has 0 aromatic heterocycles. The summed E-state index contributed by atoms with van der Waals surface area (Å²) in [4.78, 5) is 15.3. The van der Waals surface area contributed by atoms with E-state index in [-0.39, 0.29) is 11.3 Å². The van der Waals surface area contributed by atoms with Gasteiger partial charge in [0.25, 0.3) is 0 Å². The van der Waals surface area contributed by atoms with Gasteiger partial charge in [0.1, 0.15) is 0 Å². The summed E-state index contributed by atoms with van der Waals surface area (Å²) in [5, 5.41) is 0. The normalized spacial score (nSPS) is 13.5. The first-order valence-corrected chi connectivity index (χ1v) is 3.53. The number of para-hydroxylation sites is 1. The van der Waals surface area contributed by atoms with Gasteiger partial charge in [-0.15, -0.1) is 0 Å². The van der Waals surface area contributed by atoms with Crippen molar-refractivity contribution in [1.29, 1.82) is 0 Å². The molecule has 62 valence electrons. The van der Waals surface area contributed by atoms with Crippen molar-refractivity contribution < 1.29 is 10.3 Å². The molecule has 3 nitrogen and oxygen atoms in total. The molecule has 1 aliphatic heterocycles. The van der Waals surface area contributed by atoms with Crippen LogP contribution in [-0.2, 0) is 0 Å². The standard InChI is InChI=1S/C9H7NO.H2O/c11-9-5-6-10-8-4-2-1-3-7(8)9;/h1-4,6H,5H2;1H2. The molecule has 0 bridgehead atoms. The number of rotatable bonds is 0. The van der Waals surface area contributed by atoms with Gasteiger partial charge in [-0.1, -0.05) is 12.1 Å². The number of aliphatic imine (C=N–C) groups is 1. The number of benzene rings is 1. The van der Waals surface area contributed by atoms with Crippen molar-refractivity contribution in [3.63, 3.8) is 0 Å². The lowest BCUT2D eigenvalue weighted by molar-refractivity contribution is 0.100. The van der Waals surface area contributed by atoms with Gasteiger partial charge in [-0.3, -0.25) is 9.79 Å². The van der Waals surface area contributed by atoms with Gasteiger partial charge in [0.2, 0.25) is 0 Å². The highest BCUT2D eigenvalue weighted by Crippen LogP contribution is 2.22. The molecule has 12 heavy (non-hydrogen) atoms. The smallest absolute Gasteiger partial charge is 0.170 e. The average molecular weight is 163 g/mol. The van der Waals surface area contributed by atoms with E-state index in [1.54, 1.807) is 6.21 Å². The second kappa shape index (κ2) is 3.28.